The smallest absolute Gasteiger partial charge is 0.295 e. The van der Waals surface area contributed by atoms with E-state index >= 15 is 0 Å². The van der Waals surface area contributed by atoms with Crippen LogP contribution >= 0.6 is 23.2 Å². The quantitative estimate of drug-likeness (QED) is 0.231. The van der Waals surface area contributed by atoms with Gasteiger partial charge in [0.15, 0.2) is 0 Å². The van der Waals surface area contributed by atoms with Crippen molar-refractivity contribution in [1.29, 1.82) is 0 Å². The number of aliphatic hydroxyl groups excluding tert-OH is 1. The van der Waals surface area contributed by atoms with Crippen LogP contribution in [-0.2, 0) is 14.3 Å². The van der Waals surface area contributed by atoms with Gasteiger partial charge in [-0.1, -0.05) is 42.3 Å². The summed E-state index contributed by atoms with van der Waals surface area (Å²) in [4.78, 5) is 27.4. The molecule has 1 heterocycles. The van der Waals surface area contributed by atoms with Crippen LogP contribution in [0.3, 0.4) is 0 Å². The molecule has 1 aliphatic heterocycles. The lowest BCUT2D eigenvalue weighted by molar-refractivity contribution is -0.140. The van der Waals surface area contributed by atoms with Crippen LogP contribution in [0.1, 0.15) is 36.9 Å². The van der Waals surface area contributed by atoms with Crippen molar-refractivity contribution in [3.8, 4) is 5.75 Å². The molecule has 0 radical (unpaired) electrons. The number of likely N-dealkylation sites (tertiary alicyclic amines) is 1. The number of halogens is 2. The third-order valence-electron chi connectivity index (χ3n) is 5.13. The first kappa shape index (κ1) is 24.1. The highest BCUT2D eigenvalue weighted by atomic mass is 35.5. The summed E-state index contributed by atoms with van der Waals surface area (Å²) < 4.78 is 10.8. The molecule has 32 heavy (non-hydrogen) atoms. The summed E-state index contributed by atoms with van der Waals surface area (Å²) in [7, 11) is 1.57. The number of amides is 1. The number of ether oxygens (including phenoxy) is 2. The molecular formula is C24H25Cl2NO5. The van der Waals surface area contributed by atoms with Gasteiger partial charge in [0.25, 0.3) is 11.7 Å². The number of carbonyl (C=O) groups excluding carboxylic acids is 2. The van der Waals surface area contributed by atoms with Gasteiger partial charge in [0.2, 0.25) is 0 Å². The highest BCUT2D eigenvalue weighted by Crippen LogP contribution is 2.41. The number of benzene rings is 2. The summed E-state index contributed by atoms with van der Waals surface area (Å²) in [6.45, 7) is 3.27. The van der Waals surface area contributed by atoms with Crippen LogP contribution in [0.25, 0.3) is 5.76 Å². The maximum Gasteiger partial charge on any atom is 0.295 e. The highest BCUT2D eigenvalue weighted by molar-refractivity contribution is 6.46. The van der Waals surface area contributed by atoms with Crippen molar-refractivity contribution in [1.82, 2.24) is 4.90 Å². The number of hydrogen-bond donors (Lipinski definition) is 1. The van der Waals surface area contributed by atoms with Crippen LogP contribution in [0.5, 0.6) is 5.75 Å². The minimum atomic E-state index is -0.772. The van der Waals surface area contributed by atoms with Crippen molar-refractivity contribution in [3.05, 3.63) is 69.2 Å². The second-order valence-corrected chi connectivity index (χ2v) is 8.20. The molecule has 1 unspecified atom stereocenters. The fourth-order valence-corrected chi connectivity index (χ4v) is 3.93. The number of rotatable bonds is 9. The maximum atomic E-state index is 13.0. The lowest BCUT2D eigenvalue weighted by Gasteiger charge is -2.25. The van der Waals surface area contributed by atoms with E-state index in [2.05, 4.69) is 0 Å². The van der Waals surface area contributed by atoms with E-state index in [9.17, 15) is 14.7 Å². The van der Waals surface area contributed by atoms with E-state index < -0.39 is 17.7 Å². The summed E-state index contributed by atoms with van der Waals surface area (Å²) in [5.41, 5.74) is 0.966. The number of ketones is 1. The van der Waals surface area contributed by atoms with Gasteiger partial charge in [-0.05, 0) is 48.7 Å². The topological polar surface area (TPSA) is 76.1 Å². The van der Waals surface area contributed by atoms with Crippen LogP contribution in [0.2, 0.25) is 10.0 Å². The van der Waals surface area contributed by atoms with Crippen molar-refractivity contribution in [2.24, 2.45) is 0 Å². The zero-order chi connectivity index (χ0) is 23.3. The number of Topliss-reactive ketones (excluding diaryl/α,β-unsaturated/α-hetero) is 1. The van der Waals surface area contributed by atoms with E-state index in [-0.39, 0.29) is 16.4 Å². The first-order valence-corrected chi connectivity index (χ1v) is 11.1. The fourth-order valence-electron chi connectivity index (χ4n) is 3.63. The Hall–Kier alpha value is -2.54. The van der Waals surface area contributed by atoms with Gasteiger partial charge in [-0.3, -0.25) is 9.59 Å². The molecule has 0 aliphatic carbocycles. The molecule has 1 fully saturated rings. The lowest BCUT2D eigenvalue weighted by atomic mass is 9.95. The van der Waals surface area contributed by atoms with Crippen LogP contribution in [0.15, 0.2) is 48.0 Å². The van der Waals surface area contributed by atoms with Crippen molar-refractivity contribution >= 4 is 40.7 Å². The van der Waals surface area contributed by atoms with E-state index in [1.54, 1.807) is 31.4 Å². The minimum absolute atomic E-state index is 0.00144. The predicted octanol–water partition coefficient (Wildman–Crippen LogP) is 5.24. The van der Waals surface area contributed by atoms with Crippen molar-refractivity contribution in [2.45, 2.75) is 25.8 Å². The second-order valence-electron chi connectivity index (χ2n) is 7.39. The van der Waals surface area contributed by atoms with Gasteiger partial charge in [0.05, 0.1) is 28.3 Å². The average Bonchev–Trinajstić information content (AvgIpc) is 3.04. The fraction of sp³-hybridized carbons (Fsp3) is 0.333. The van der Waals surface area contributed by atoms with E-state index in [0.717, 1.165) is 6.42 Å². The Labute approximate surface area is 197 Å². The van der Waals surface area contributed by atoms with Crippen molar-refractivity contribution < 1.29 is 24.2 Å². The van der Waals surface area contributed by atoms with E-state index in [1.807, 2.05) is 13.0 Å². The third-order valence-corrected chi connectivity index (χ3v) is 5.87. The molecule has 1 amide bonds. The summed E-state index contributed by atoms with van der Waals surface area (Å²) in [6.07, 6.45) is 1.38. The van der Waals surface area contributed by atoms with Crippen molar-refractivity contribution in [2.75, 3.05) is 26.9 Å². The summed E-state index contributed by atoms with van der Waals surface area (Å²) in [6, 6.07) is 11.0. The Bertz CT molecular complexity index is 1040. The monoisotopic (exact) mass is 477 g/mol. The summed E-state index contributed by atoms with van der Waals surface area (Å²) in [5, 5.41) is 11.6. The van der Waals surface area contributed by atoms with Gasteiger partial charge in [0, 0.05) is 25.8 Å². The lowest BCUT2D eigenvalue weighted by Crippen LogP contribution is -2.31. The van der Waals surface area contributed by atoms with Gasteiger partial charge < -0.3 is 19.5 Å². The number of aliphatic hydroxyl groups is 1. The van der Waals surface area contributed by atoms with Gasteiger partial charge in [-0.15, -0.1) is 0 Å². The summed E-state index contributed by atoms with van der Waals surface area (Å²) in [5.74, 6) is -1.11. The maximum absolute atomic E-state index is 13.0. The molecule has 1 aliphatic rings. The predicted molar refractivity (Wildman–Crippen MR) is 124 cm³/mol. The first-order chi connectivity index (χ1) is 15.4. The zero-order valence-corrected chi connectivity index (χ0v) is 19.4. The van der Waals surface area contributed by atoms with Crippen molar-refractivity contribution in [3.63, 3.8) is 0 Å². The van der Waals surface area contributed by atoms with E-state index in [0.29, 0.717) is 48.1 Å². The van der Waals surface area contributed by atoms with Gasteiger partial charge in [-0.25, -0.2) is 0 Å². The molecule has 6 nitrogen and oxygen atoms in total. The van der Waals surface area contributed by atoms with Crippen LogP contribution in [-0.4, -0.2) is 48.6 Å². The molecule has 170 valence electrons. The Morgan fingerprint density at radius 3 is 2.56 bits per heavy atom. The second kappa shape index (κ2) is 10.9. The largest absolute Gasteiger partial charge is 0.507 e. The zero-order valence-electron chi connectivity index (χ0n) is 17.9. The van der Waals surface area contributed by atoms with E-state index in [4.69, 9.17) is 32.7 Å². The molecule has 1 saturated heterocycles. The molecule has 0 bridgehead atoms. The third kappa shape index (κ3) is 5.09. The Morgan fingerprint density at radius 1 is 1.09 bits per heavy atom. The summed E-state index contributed by atoms with van der Waals surface area (Å²) >= 11 is 12.1. The number of nitrogens with zero attached hydrogens (tertiary/aromatic N) is 1. The molecule has 0 spiro atoms. The Kier molecular flexibility index (Phi) is 8.18. The first-order valence-electron chi connectivity index (χ1n) is 10.3. The minimum Gasteiger partial charge on any atom is -0.507 e. The number of carbonyl (C=O) groups is 2. The van der Waals surface area contributed by atoms with Gasteiger partial charge in [0.1, 0.15) is 11.5 Å². The van der Waals surface area contributed by atoms with E-state index in [1.165, 1.54) is 17.0 Å². The SMILES string of the molecule is CCCOc1cccc(C2/C(=C(/O)c3ccc(Cl)c(Cl)c3)C(=O)C(=O)N2CCCOC)c1. The normalized spacial score (nSPS) is 17.8. The number of hydrogen-bond acceptors (Lipinski definition) is 5. The van der Waals surface area contributed by atoms with Crippen LogP contribution in [0, 0.1) is 0 Å². The number of methoxy groups -OCH3 is 1. The van der Waals surface area contributed by atoms with Crippen LogP contribution < -0.4 is 4.74 Å². The molecule has 0 saturated carbocycles. The Balaban J connectivity index is 2.11. The average molecular weight is 478 g/mol. The molecule has 1 atom stereocenters. The molecule has 8 heteroatoms. The molecule has 2 aromatic rings. The Morgan fingerprint density at radius 2 is 1.88 bits per heavy atom. The van der Waals surface area contributed by atoms with Gasteiger partial charge in [-0.2, -0.15) is 0 Å². The molecule has 1 N–H and O–H groups in total. The molecule has 0 aromatic heterocycles. The standard InChI is InChI=1S/C24H25Cl2NO5/c1-3-11-32-17-7-4-6-15(13-17)21-20(22(28)16-8-9-18(25)19(26)14-16)23(29)24(30)27(21)10-5-12-31-2/h4,6-9,13-14,21,28H,3,5,10-12H2,1-2H3/b22-20-. The molecule has 2 aromatic carbocycles. The van der Waals surface area contributed by atoms with Gasteiger partial charge >= 0.3 is 0 Å². The molecular weight excluding hydrogens is 453 g/mol. The highest BCUT2D eigenvalue weighted by Gasteiger charge is 2.45. The van der Waals surface area contributed by atoms with Crippen LogP contribution in [0.4, 0.5) is 0 Å². The molecule has 3 rings (SSSR count).